The minimum absolute atomic E-state index is 0.387. The Morgan fingerprint density at radius 2 is 1.79 bits per heavy atom. The van der Waals surface area contributed by atoms with E-state index in [1.165, 1.54) is 18.2 Å². The smallest absolute Gasteiger partial charge is 0.407 e. The number of carbonyl (C=O) groups is 1. The van der Waals surface area contributed by atoms with Crippen LogP contribution in [0.15, 0.2) is 42.7 Å². The van der Waals surface area contributed by atoms with Crippen molar-refractivity contribution in [1.29, 1.82) is 0 Å². The van der Waals surface area contributed by atoms with Crippen molar-refractivity contribution in [3.8, 4) is 11.5 Å². The molecule has 1 aromatic carbocycles. The summed E-state index contributed by atoms with van der Waals surface area (Å²) >= 11 is 0. The average molecular weight is 328 g/mol. The van der Waals surface area contributed by atoms with Gasteiger partial charge < -0.3 is 14.8 Å². The number of para-hydroxylation sites is 1. The number of fused-ring (bicyclic) bond motifs is 2. The van der Waals surface area contributed by atoms with E-state index in [9.17, 15) is 4.79 Å². The number of ether oxygens (including phenoxy) is 2. The van der Waals surface area contributed by atoms with E-state index in [0.717, 1.165) is 24.3 Å². The average Bonchev–Trinajstić information content (AvgIpc) is 2.73. The quantitative estimate of drug-likeness (QED) is 0.790. The molecule has 2 heterocycles. The van der Waals surface area contributed by atoms with Crippen LogP contribution in [0.3, 0.4) is 0 Å². The van der Waals surface area contributed by atoms with Gasteiger partial charge in [-0.05, 0) is 56.9 Å². The fourth-order valence-corrected chi connectivity index (χ4v) is 2.23. The van der Waals surface area contributed by atoms with E-state index >= 15 is 0 Å². The largest absolute Gasteiger partial charge is 0.455 e. The Labute approximate surface area is 143 Å². The minimum Gasteiger partial charge on any atom is -0.455 e. The van der Waals surface area contributed by atoms with Gasteiger partial charge in [0.15, 0.2) is 0 Å². The van der Waals surface area contributed by atoms with Gasteiger partial charge in [0.1, 0.15) is 17.1 Å². The van der Waals surface area contributed by atoms with Crippen LogP contribution in [-0.4, -0.2) is 23.7 Å². The van der Waals surface area contributed by atoms with Gasteiger partial charge in [-0.3, -0.25) is 4.98 Å². The lowest BCUT2D eigenvalue weighted by molar-refractivity contribution is 0.0541. The van der Waals surface area contributed by atoms with Gasteiger partial charge in [-0.15, -0.1) is 0 Å². The van der Waals surface area contributed by atoms with Crippen LogP contribution in [0.4, 0.5) is 4.79 Å². The second-order valence-corrected chi connectivity index (χ2v) is 6.45. The fourth-order valence-electron chi connectivity index (χ4n) is 2.23. The molecule has 128 valence electrons. The zero-order chi connectivity index (χ0) is 17.6. The maximum Gasteiger partial charge on any atom is 0.407 e. The third kappa shape index (κ3) is 5.26. The van der Waals surface area contributed by atoms with Crippen molar-refractivity contribution in [3.63, 3.8) is 0 Å². The van der Waals surface area contributed by atoms with Crippen molar-refractivity contribution in [2.45, 2.75) is 39.2 Å². The highest BCUT2D eigenvalue weighted by atomic mass is 16.6. The van der Waals surface area contributed by atoms with Gasteiger partial charge in [0.05, 0.1) is 6.20 Å². The van der Waals surface area contributed by atoms with E-state index in [2.05, 4.69) is 22.4 Å². The lowest BCUT2D eigenvalue weighted by atomic mass is 10.1. The molecule has 0 aliphatic carbocycles. The van der Waals surface area contributed by atoms with Crippen molar-refractivity contribution >= 4 is 6.09 Å². The maximum atomic E-state index is 10.5. The Bertz CT molecular complexity index is 648. The Kier molecular flexibility index (Phi) is 5.79. The first-order chi connectivity index (χ1) is 11.4. The van der Waals surface area contributed by atoms with Gasteiger partial charge >= 0.3 is 6.09 Å². The van der Waals surface area contributed by atoms with Crippen LogP contribution in [0.5, 0.6) is 11.5 Å². The summed E-state index contributed by atoms with van der Waals surface area (Å²) in [6, 6.07) is 10.2. The number of carbonyl (C=O) groups excluding carboxylic acids is 1. The van der Waals surface area contributed by atoms with Gasteiger partial charge in [-0.2, -0.15) is 0 Å². The number of hydrogen-bond acceptors (Lipinski definition) is 4. The molecule has 0 spiro atoms. The maximum absolute atomic E-state index is 10.5. The van der Waals surface area contributed by atoms with Crippen LogP contribution in [-0.2, 0) is 17.6 Å². The number of rotatable bonds is 0. The highest BCUT2D eigenvalue weighted by Crippen LogP contribution is 2.32. The predicted molar refractivity (Wildman–Crippen MR) is 93.5 cm³/mol. The molecule has 0 saturated heterocycles. The summed E-state index contributed by atoms with van der Waals surface area (Å²) < 4.78 is 10.7. The van der Waals surface area contributed by atoms with Gasteiger partial charge in [-0.25, -0.2) is 4.79 Å². The molecule has 5 nitrogen and oxygen atoms in total. The monoisotopic (exact) mass is 328 g/mol. The summed E-state index contributed by atoms with van der Waals surface area (Å²) in [5, 5.41) is 2.36. The van der Waals surface area contributed by atoms with Crippen LogP contribution in [0.2, 0.25) is 0 Å². The molecule has 0 radical (unpaired) electrons. The first-order valence-corrected chi connectivity index (χ1v) is 7.98. The lowest BCUT2D eigenvalue weighted by Gasteiger charge is -2.18. The summed E-state index contributed by atoms with van der Waals surface area (Å²) in [5.74, 6) is 1.85. The zero-order valence-corrected chi connectivity index (χ0v) is 14.6. The van der Waals surface area contributed by atoms with Gasteiger partial charge in [0.25, 0.3) is 0 Å². The number of nitrogens with one attached hydrogen (secondary N) is 1. The molecule has 3 rings (SSSR count). The molecule has 1 aliphatic heterocycles. The van der Waals surface area contributed by atoms with Gasteiger partial charge in [0, 0.05) is 13.2 Å². The fraction of sp³-hybridized carbons (Fsp3) is 0.368. The predicted octanol–water partition coefficient (Wildman–Crippen LogP) is 4.11. The number of alkyl carbamates (subject to hydrolysis) is 1. The van der Waals surface area contributed by atoms with E-state index in [1.807, 2.05) is 45.2 Å². The van der Waals surface area contributed by atoms with E-state index in [0.29, 0.717) is 0 Å². The number of nitrogens with zero attached hydrogens (tertiary/aromatic N) is 1. The number of aryl methyl sites for hydroxylation is 2. The molecular formula is C19H24N2O3. The molecule has 0 fully saturated rings. The molecular weight excluding hydrogens is 304 g/mol. The van der Waals surface area contributed by atoms with Crippen LogP contribution in [0, 0.1) is 0 Å². The molecule has 1 N–H and O–H groups in total. The highest BCUT2D eigenvalue weighted by molar-refractivity contribution is 5.67. The number of aromatic nitrogens is 1. The molecule has 1 aliphatic rings. The van der Waals surface area contributed by atoms with Crippen molar-refractivity contribution in [2.75, 3.05) is 7.05 Å². The third-order valence-corrected chi connectivity index (χ3v) is 3.33. The molecule has 0 atom stereocenters. The van der Waals surface area contributed by atoms with Crippen LogP contribution in [0.25, 0.3) is 0 Å². The third-order valence-electron chi connectivity index (χ3n) is 3.33. The minimum atomic E-state index is -0.389. The van der Waals surface area contributed by atoms with Crippen molar-refractivity contribution < 1.29 is 14.3 Å². The molecule has 1 aromatic heterocycles. The summed E-state index contributed by atoms with van der Waals surface area (Å²) in [5.41, 5.74) is 2.12. The van der Waals surface area contributed by atoms with E-state index in [-0.39, 0.29) is 11.7 Å². The molecule has 0 unspecified atom stereocenters. The number of amides is 1. The second-order valence-electron chi connectivity index (χ2n) is 6.45. The van der Waals surface area contributed by atoms with Gasteiger partial charge in [-0.1, -0.05) is 18.2 Å². The van der Waals surface area contributed by atoms with Crippen LogP contribution >= 0.6 is 0 Å². The molecule has 0 saturated carbocycles. The van der Waals surface area contributed by atoms with Crippen LogP contribution in [0.1, 0.15) is 31.9 Å². The highest BCUT2D eigenvalue weighted by Gasteiger charge is 2.14. The topological polar surface area (TPSA) is 60.5 Å². The molecule has 5 heteroatoms. The van der Waals surface area contributed by atoms with Crippen molar-refractivity contribution in [1.82, 2.24) is 10.3 Å². The van der Waals surface area contributed by atoms with Crippen LogP contribution < -0.4 is 10.1 Å². The Morgan fingerprint density at radius 3 is 2.42 bits per heavy atom. The van der Waals surface area contributed by atoms with Gasteiger partial charge in [0.2, 0.25) is 0 Å². The van der Waals surface area contributed by atoms with E-state index < -0.39 is 0 Å². The second kappa shape index (κ2) is 7.81. The summed E-state index contributed by atoms with van der Waals surface area (Å²) in [6.45, 7) is 5.46. The number of hydrogen-bond donors (Lipinski definition) is 1. The van der Waals surface area contributed by atoms with E-state index in [4.69, 9.17) is 9.47 Å². The first-order valence-electron chi connectivity index (χ1n) is 7.98. The summed E-state index contributed by atoms with van der Waals surface area (Å²) in [4.78, 5) is 14.6. The Morgan fingerprint density at radius 1 is 1.12 bits per heavy atom. The Balaban J connectivity index is 0.000000202. The Hall–Kier alpha value is -2.56. The standard InChI is InChI=1S/C13H11NO.C6H13NO2/c1-2-4-12-10(3-1)5-6-11-7-8-14-9-13(11)15-12;1-6(2,3)9-5(8)7-4/h1-4,7-9H,5-6H2;1-4H3,(H,7,8). The molecule has 24 heavy (non-hydrogen) atoms. The first kappa shape index (κ1) is 17.8. The SMILES string of the molecule is CNC(=O)OC(C)(C)C.c1ccc2c(c1)CCc1ccncc1O2. The lowest BCUT2D eigenvalue weighted by Crippen LogP contribution is -2.30. The normalized spacial score (nSPS) is 12.3. The van der Waals surface area contributed by atoms with Crippen molar-refractivity contribution in [3.05, 3.63) is 53.9 Å². The summed E-state index contributed by atoms with van der Waals surface area (Å²) in [6.07, 6.45) is 5.28. The molecule has 2 aromatic rings. The zero-order valence-electron chi connectivity index (χ0n) is 14.6. The molecule has 0 bridgehead atoms. The van der Waals surface area contributed by atoms with E-state index in [1.54, 1.807) is 6.20 Å². The number of benzene rings is 1. The summed E-state index contributed by atoms with van der Waals surface area (Å²) in [7, 11) is 1.54. The number of pyridine rings is 1. The molecule has 1 amide bonds. The van der Waals surface area contributed by atoms with Crippen molar-refractivity contribution in [2.24, 2.45) is 0 Å².